The monoisotopic (exact) mass is 497 g/mol. The van der Waals surface area contributed by atoms with E-state index < -0.39 is 0 Å². The van der Waals surface area contributed by atoms with Crippen LogP contribution >= 0.6 is 46.8 Å². The van der Waals surface area contributed by atoms with Gasteiger partial charge in [-0.2, -0.15) is 0 Å². The number of thiocarbonyl (C=S) groups is 1. The van der Waals surface area contributed by atoms with E-state index in [1.807, 2.05) is 42.5 Å². The Balaban J connectivity index is 1.33. The first-order valence-electron chi connectivity index (χ1n) is 9.44. The molecule has 0 radical (unpaired) electrons. The van der Waals surface area contributed by atoms with Crippen molar-refractivity contribution in [2.75, 3.05) is 5.32 Å². The topological polar surface area (TPSA) is 67.2 Å². The lowest BCUT2D eigenvalue weighted by molar-refractivity contribution is 0.0982. The zero-order valence-electron chi connectivity index (χ0n) is 16.2. The van der Waals surface area contributed by atoms with Gasteiger partial charge in [-0.25, -0.2) is 4.98 Å². The molecule has 0 saturated carbocycles. The van der Waals surface area contributed by atoms with Gasteiger partial charge in [-0.15, -0.1) is 11.3 Å². The van der Waals surface area contributed by atoms with E-state index in [4.69, 9.17) is 39.8 Å². The number of nitrogens with zero attached hydrogens (tertiary/aromatic N) is 1. The summed E-state index contributed by atoms with van der Waals surface area (Å²) in [4.78, 5) is 17.6. The molecule has 2 heterocycles. The summed E-state index contributed by atoms with van der Waals surface area (Å²) in [5.41, 5.74) is 2.61. The highest BCUT2D eigenvalue weighted by atomic mass is 35.5. The minimum absolute atomic E-state index is 0.151. The van der Waals surface area contributed by atoms with E-state index in [2.05, 4.69) is 15.6 Å². The lowest BCUT2D eigenvalue weighted by atomic mass is 10.2. The van der Waals surface area contributed by atoms with Crippen molar-refractivity contribution in [2.45, 2.75) is 0 Å². The van der Waals surface area contributed by atoms with Crippen LogP contribution in [-0.2, 0) is 0 Å². The van der Waals surface area contributed by atoms with Crippen molar-refractivity contribution in [3.8, 4) is 11.5 Å². The third-order valence-electron chi connectivity index (χ3n) is 4.72. The summed E-state index contributed by atoms with van der Waals surface area (Å²) in [7, 11) is 0. The summed E-state index contributed by atoms with van der Waals surface area (Å²) in [6.07, 6.45) is 0. The number of benzene rings is 3. The summed E-state index contributed by atoms with van der Waals surface area (Å²) in [6.45, 7) is 0. The Labute approximate surface area is 202 Å². The quantitative estimate of drug-likeness (QED) is 0.259. The minimum atomic E-state index is -0.364. The number of thiophene rings is 1. The fourth-order valence-corrected chi connectivity index (χ4v) is 5.08. The Kier molecular flexibility index (Phi) is 5.57. The van der Waals surface area contributed by atoms with Crippen LogP contribution in [0.5, 0.6) is 0 Å². The third-order valence-corrected chi connectivity index (χ3v) is 6.93. The number of aromatic nitrogens is 1. The SMILES string of the molecule is O=C(NC(=S)Nc1ccc2oc(-c3ccccc3Cl)nc2c1)c1sc2ccccc2c1Cl. The van der Waals surface area contributed by atoms with Crippen molar-refractivity contribution >= 4 is 84.6 Å². The first-order chi connectivity index (χ1) is 15.5. The van der Waals surface area contributed by atoms with Gasteiger partial charge < -0.3 is 9.73 Å². The maximum Gasteiger partial charge on any atom is 0.269 e. The Morgan fingerprint density at radius 3 is 2.62 bits per heavy atom. The molecule has 0 fully saturated rings. The number of halogens is 2. The summed E-state index contributed by atoms with van der Waals surface area (Å²) >= 11 is 19.3. The minimum Gasteiger partial charge on any atom is -0.436 e. The van der Waals surface area contributed by atoms with Crippen molar-refractivity contribution in [3.05, 3.63) is 81.7 Å². The van der Waals surface area contributed by atoms with Gasteiger partial charge in [-0.3, -0.25) is 10.1 Å². The molecule has 1 amide bonds. The highest BCUT2D eigenvalue weighted by Crippen LogP contribution is 2.35. The molecule has 0 saturated heterocycles. The van der Waals surface area contributed by atoms with Gasteiger partial charge in [0.1, 0.15) is 10.4 Å². The molecule has 0 atom stereocenters. The van der Waals surface area contributed by atoms with Gasteiger partial charge in [0.05, 0.1) is 15.6 Å². The number of oxazole rings is 1. The number of hydrogen-bond acceptors (Lipinski definition) is 5. The van der Waals surface area contributed by atoms with Crippen LogP contribution in [-0.4, -0.2) is 16.0 Å². The van der Waals surface area contributed by atoms with E-state index in [-0.39, 0.29) is 11.0 Å². The number of rotatable bonds is 3. The van der Waals surface area contributed by atoms with Crippen LogP contribution in [0, 0.1) is 0 Å². The zero-order chi connectivity index (χ0) is 22.2. The van der Waals surface area contributed by atoms with Gasteiger partial charge in [0.25, 0.3) is 5.91 Å². The van der Waals surface area contributed by atoms with Crippen LogP contribution in [0.25, 0.3) is 32.6 Å². The second kappa shape index (κ2) is 8.52. The number of carbonyl (C=O) groups is 1. The van der Waals surface area contributed by atoms with Gasteiger partial charge in [-0.05, 0) is 48.6 Å². The molecule has 0 aliphatic carbocycles. The molecule has 3 aromatic carbocycles. The van der Waals surface area contributed by atoms with E-state index in [9.17, 15) is 4.79 Å². The Bertz CT molecular complexity index is 1510. The van der Waals surface area contributed by atoms with E-state index in [1.165, 1.54) is 11.3 Å². The fraction of sp³-hybridized carbons (Fsp3) is 0. The lowest BCUT2D eigenvalue weighted by Crippen LogP contribution is -2.33. The first kappa shape index (κ1) is 20.9. The predicted octanol–water partition coefficient (Wildman–Crippen LogP) is 7.14. The zero-order valence-corrected chi connectivity index (χ0v) is 19.3. The summed E-state index contributed by atoms with van der Waals surface area (Å²) < 4.78 is 6.76. The van der Waals surface area contributed by atoms with E-state index in [0.717, 1.165) is 10.1 Å². The van der Waals surface area contributed by atoms with Crippen molar-refractivity contribution in [3.63, 3.8) is 0 Å². The average molecular weight is 498 g/mol. The van der Waals surface area contributed by atoms with Crippen LogP contribution in [0.1, 0.15) is 9.67 Å². The molecule has 158 valence electrons. The standard InChI is InChI=1S/C23H13Cl2N3O2S2/c24-15-7-3-1-5-13(15)22-27-16-11-12(9-10-17(16)30-22)26-23(31)28-21(29)20-19(25)14-6-2-4-8-18(14)32-20/h1-11H,(H2,26,28,29,31). The highest BCUT2D eigenvalue weighted by molar-refractivity contribution is 7.80. The largest absolute Gasteiger partial charge is 0.436 e. The molecule has 9 heteroatoms. The van der Waals surface area contributed by atoms with E-state index >= 15 is 0 Å². The fourth-order valence-electron chi connectivity index (χ4n) is 3.24. The van der Waals surface area contributed by atoms with Crippen LogP contribution in [0.3, 0.4) is 0 Å². The lowest BCUT2D eigenvalue weighted by Gasteiger charge is -2.08. The smallest absolute Gasteiger partial charge is 0.269 e. The summed E-state index contributed by atoms with van der Waals surface area (Å²) in [6, 6.07) is 20.3. The molecule has 32 heavy (non-hydrogen) atoms. The number of amides is 1. The normalized spacial score (nSPS) is 11.1. The molecule has 0 aliphatic heterocycles. The number of nitrogens with one attached hydrogen (secondary N) is 2. The van der Waals surface area contributed by atoms with E-state index in [0.29, 0.717) is 43.2 Å². The molecule has 2 aromatic heterocycles. The third kappa shape index (κ3) is 3.96. The molecular weight excluding hydrogens is 485 g/mol. The maximum absolute atomic E-state index is 12.7. The van der Waals surface area contributed by atoms with Crippen molar-refractivity contribution in [2.24, 2.45) is 0 Å². The number of hydrogen-bond donors (Lipinski definition) is 2. The average Bonchev–Trinajstić information content (AvgIpc) is 3.35. The Morgan fingerprint density at radius 2 is 1.81 bits per heavy atom. The second-order valence-electron chi connectivity index (χ2n) is 6.83. The highest BCUT2D eigenvalue weighted by Gasteiger charge is 2.18. The van der Waals surface area contributed by atoms with Crippen molar-refractivity contribution in [1.29, 1.82) is 0 Å². The summed E-state index contributed by atoms with van der Waals surface area (Å²) in [5, 5.41) is 7.65. The molecule has 2 N–H and O–H groups in total. The van der Waals surface area contributed by atoms with E-state index in [1.54, 1.807) is 24.3 Å². The van der Waals surface area contributed by atoms with Crippen molar-refractivity contribution in [1.82, 2.24) is 10.3 Å². The van der Waals surface area contributed by atoms with Gasteiger partial charge in [0.15, 0.2) is 10.7 Å². The molecule has 0 bridgehead atoms. The number of fused-ring (bicyclic) bond motifs is 2. The van der Waals surface area contributed by atoms with Crippen LogP contribution in [0.15, 0.2) is 71.1 Å². The number of anilines is 1. The van der Waals surface area contributed by atoms with Gasteiger partial charge in [0, 0.05) is 15.8 Å². The molecule has 0 spiro atoms. The molecular formula is C23H13Cl2N3O2S2. The van der Waals surface area contributed by atoms with Gasteiger partial charge >= 0.3 is 0 Å². The Morgan fingerprint density at radius 1 is 1.03 bits per heavy atom. The van der Waals surface area contributed by atoms with Gasteiger partial charge in [0.2, 0.25) is 5.89 Å². The Hall–Kier alpha value is -2.97. The van der Waals surface area contributed by atoms with Crippen LogP contribution in [0.4, 0.5) is 5.69 Å². The van der Waals surface area contributed by atoms with Crippen molar-refractivity contribution < 1.29 is 9.21 Å². The second-order valence-corrected chi connectivity index (χ2v) is 9.08. The summed E-state index contributed by atoms with van der Waals surface area (Å²) in [5.74, 6) is 0.0650. The predicted molar refractivity (Wildman–Crippen MR) is 135 cm³/mol. The van der Waals surface area contributed by atoms with Gasteiger partial charge in [-0.1, -0.05) is 53.5 Å². The number of carbonyl (C=O) groups excluding carboxylic acids is 1. The molecule has 0 unspecified atom stereocenters. The molecule has 5 aromatic rings. The maximum atomic E-state index is 12.7. The van der Waals surface area contributed by atoms with Crippen LogP contribution < -0.4 is 10.6 Å². The molecule has 5 nitrogen and oxygen atoms in total. The first-order valence-corrected chi connectivity index (χ1v) is 11.4. The molecule has 5 rings (SSSR count). The molecule has 0 aliphatic rings. The van der Waals surface area contributed by atoms with Crippen LogP contribution in [0.2, 0.25) is 10.0 Å².